The molecule has 0 spiro atoms. The number of carbonyl (C=O) groups is 2. The summed E-state index contributed by atoms with van der Waals surface area (Å²) in [7, 11) is -1.41. The van der Waals surface area contributed by atoms with E-state index >= 15 is 0 Å². The highest BCUT2D eigenvalue weighted by Gasteiger charge is 2.29. The fourth-order valence-electron chi connectivity index (χ4n) is 3.34. The van der Waals surface area contributed by atoms with Crippen molar-refractivity contribution in [3.63, 3.8) is 0 Å². The summed E-state index contributed by atoms with van der Waals surface area (Å²) < 4.78 is 38.3. The first-order chi connectivity index (χ1) is 16.2. The maximum absolute atomic E-state index is 13.6. The molecule has 0 aliphatic carbocycles. The Balaban J connectivity index is 2.01. The first-order valence-corrected chi connectivity index (χ1v) is 11.8. The van der Waals surface area contributed by atoms with Crippen LogP contribution >= 0.6 is 0 Å². The molecule has 3 aromatic carbocycles. The molecule has 0 aromatic heterocycles. The zero-order valence-electron chi connectivity index (χ0n) is 19.4. The number of rotatable bonds is 8. The fraction of sp³-hybridized carbons (Fsp3) is 0.200. The van der Waals surface area contributed by atoms with E-state index in [1.54, 1.807) is 55.5 Å². The lowest BCUT2D eigenvalue weighted by Gasteiger charge is -2.26. The van der Waals surface area contributed by atoms with Gasteiger partial charge in [-0.1, -0.05) is 30.3 Å². The number of ether oxygens (including phenoxy) is 2. The molecule has 0 unspecified atom stereocenters. The average Bonchev–Trinajstić information content (AvgIpc) is 2.83. The monoisotopic (exact) mass is 482 g/mol. The minimum Gasteiger partial charge on any atom is -0.495 e. The second-order valence-electron chi connectivity index (χ2n) is 7.57. The number of esters is 1. The summed E-state index contributed by atoms with van der Waals surface area (Å²) in [6, 6.07) is 17.7. The summed E-state index contributed by atoms with van der Waals surface area (Å²) in [6.07, 6.45) is 0. The molecule has 0 aliphatic rings. The molecule has 1 amide bonds. The van der Waals surface area contributed by atoms with E-state index < -0.39 is 28.4 Å². The molecule has 0 bridgehead atoms. The van der Waals surface area contributed by atoms with Crippen molar-refractivity contribution in [2.45, 2.75) is 18.7 Å². The van der Waals surface area contributed by atoms with Crippen LogP contribution in [0.2, 0.25) is 0 Å². The molecule has 3 rings (SSSR count). The average molecular weight is 483 g/mol. The van der Waals surface area contributed by atoms with Crippen LogP contribution < -0.4 is 14.4 Å². The molecule has 9 heteroatoms. The molecule has 0 radical (unpaired) electrons. The normalized spacial score (nSPS) is 10.9. The summed E-state index contributed by atoms with van der Waals surface area (Å²) in [6.45, 7) is 3.07. The molecule has 0 saturated heterocycles. The molecule has 0 aliphatic heterocycles. The molecular weight excluding hydrogens is 456 g/mol. The van der Waals surface area contributed by atoms with Gasteiger partial charge in [-0.2, -0.15) is 0 Å². The third-order valence-corrected chi connectivity index (χ3v) is 6.93. The van der Waals surface area contributed by atoms with E-state index in [0.717, 1.165) is 9.87 Å². The number of aryl methyl sites for hydroxylation is 2. The van der Waals surface area contributed by atoms with E-state index in [0.29, 0.717) is 17.0 Å². The van der Waals surface area contributed by atoms with Gasteiger partial charge in [0.25, 0.3) is 10.0 Å². The van der Waals surface area contributed by atoms with Crippen LogP contribution in [0.25, 0.3) is 0 Å². The lowest BCUT2D eigenvalue weighted by atomic mass is 10.1. The van der Waals surface area contributed by atoms with Gasteiger partial charge >= 0.3 is 5.97 Å². The molecular formula is C25H26N2O6S. The van der Waals surface area contributed by atoms with Crippen LogP contribution in [0.1, 0.15) is 21.5 Å². The first kappa shape index (κ1) is 24.8. The Labute approximate surface area is 199 Å². The van der Waals surface area contributed by atoms with E-state index in [4.69, 9.17) is 9.47 Å². The lowest BCUT2D eigenvalue weighted by Crippen LogP contribution is -2.38. The van der Waals surface area contributed by atoms with Gasteiger partial charge in [-0.3, -0.25) is 9.10 Å². The van der Waals surface area contributed by atoms with Crippen molar-refractivity contribution in [2.75, 3.05) is 30.4 Å². The molecule has 34 heavy (non-hydrogen) atoms. The van der Waals surface area contributed by atoms with Gasteiger partial charge in [0.15, 0.2) is 0 Å². The number of nitrogens with one attached hydrogen (secondary N) is 1. The first-order valence-electron chi connectivity index (χ1n) is 10.4. The molecule has 8 nitrogen and oxygen atoms in total. The highest BCUT2D eigenvalue weighted by Crippen LogP contribution is 2.33. The number of carbonyl (C=O) groups excluding carboxylic acids is 2. The quantitative estimate of drug-likeness (QED) is 0.488. The zero-order valence-corrected chi connectivity index (χ0v) is 20.2. The Bertz CT molecular complexity index is 1310. The number of methoxy groups -OCH3 is 2. The van der Waals surface area contributed by atoms with Crippen LogP contribution in [0.15, 0.2) is 71.6 Å². The number of sulfonamides is 1. The van der Waals surface area contributed by atoms with E-state index in [9.17, 15) is 18.0 Å². The van der Waals surface area contributed by atoms with Crippen LogP contribution in [0, 0.1) is 13.8 Å². The van der Waals surface area contributed by atoms with Crippen LogP contribution in [0.4, 0.5) is 11.4 Å². The summed E-state index contributed by atoms with van der Waals surface area (Å²) in [5, 5.41) is 2.71. The number of benzene rings is 3. The molecule has 3 aromatic rings. The molecule has 0 fully saturated rings. The second kappa shape index (κ2) is 10.4. The van der Waals surface area contributed by atoms with E-state index in [1.165, 1.54) is 32.4 Å². The number of hydrogen-bond acceptors (Lipinski definition) is 6. The maximum atomic E-state index is 13.6. The van der Waals surface area contributed by atoms with Crippen LogP contribution in [-0.4, -0.2) is 41.1 Å². The Kier molecular flexibility index (Phi) is 7.57. The van der Waals surface area contributed by atoms with Gasteiger partial charge in [0, 0.05) is 5.69 Å². The van der Waals surface area contributed by atoms with E-state index in [-0.39, 0.29) is 16.1 Å². The molecule has 0 saturated carbocycles. The third kappa shape index (κ3) is 5.37. The van der Waals surface area contributed by atoms with Crippen LogP contribution in [-0.2, 0) is 19.6 Å². The highest BCUT2D eigenvalue weighted by atomic mass is 32.2. The van der Waals surface area contributed by atoms with Gasteiger partial charge in [0.05, 0.1) is 30.4 Å². The number of anilines is 2. The van der Waals surface area contributed by atoms with Gasteiger partial charge in [-0.25, -0.2) is 13.2 Å². The SMILES string of the molecule is COC(=O)c1ccc(C)c(NC(=O)CN(c2cc(C)ccc2OC)S(=O)(=O)c2ccccc2)c1. The topological polar surface area (TPSA) is 102 Å². The second-order valence-corrected chi connectivity index (χ2v) is 9.43. The lowest BCUT2D eigenvalue weighted by molar-refractivity contribution is -0.114. The van der Waals surface area contributed by atoms with Crippen molar-refractivity contribution < 1.29 is 27.5 Å². The van der Waals surface area contributed by atoms with Gasteiger partial charge in [-0.05, 0) is 61.4 Å². The molecule has 0 atom stereocenters. The van der Waals surface area contributed by atoms with E-state index in [1.807, 2.05) is 6.92 Å². The van der Waals surface area contributed by atoms with Crippen molar-refractivity contribution in [3.05, 3.63) is 83.4 Å². The summed E-state index contributed by atoms with van der Waals surface area (Å²) in [5.74, 6) is -0.830. The van der Waals surface area contributed by atoms with Gasteiger partial charge in [0.2, 0.25) is 5.91 Å². The van der Waals surface area contributed by atoms with Gasteiger partial charge in [0.1, 0.15) is 12.3 Å². The Morgan fingerprint density at radius 2 is 1.65 bits per heavy atom. The molecule has 0 heterocycles. The summed E-state index contributed by atoms with van der Waals surface area (Å²) in [5.41, 5.74) is 2.37. The Morgan fingerprint density at radius 3 is 2.29 bits per heavy atom. The third-order valence-electron chi connectivity index (χ3n) is 5.15. The molecule has 1 N–H and O–H groups in total. The molecule has 178 valence electrons. The predicted molar refractivity (Wildman–Crippen MR) is 130 cm³/mol. The Hall–Kier alpha value is -3.85. The fourth-order valence-corrected chi connectivity index (χ4v) is 4.78. The van der Waals surface area contributed by atoms with E-state index in [2.05, 4.69) is 5.32 Å². The van der Waals surface area contributed by atoms with Gasteiger partial charge in [-0.15, -0.1) is 0 Å². The predicted octanol–water partition coefficient (Wildman–Crippen LogP) is 3.93. The number of nitrogens with zero attached hydrogens (tertiary/aromatic N) is 1. The number of hydrogen-bond donors (Lipinski definition) is 1. The summed E-state index contributed by atoms with van der Waals surface area (Å²) in [4.78, 5) is 25.0. The van der Waals surface area contributed by atoms with Gasteiger partial charge < -0.3 is 14.8 Å². The van der Waals surface area contributed by atoms with Crippen molar-refractivity contribution in [2.24, 2.45) is 0 Å². The summed E-state index contributed by atoms with van der Waals surface area (Å²) >= 11 is 0. The highest BCUT2D eigenvalue weighted by molar-refractivity contribution is 7.92. The van der Waals surface area contributed by atoms with Crippen molar-refractivity contribution in [1.82, 2.24) is 0 Å². The van der Waals surface area contributed by atoms with Crippen LogP contribution in [0.5, 0.6) is 5.75 Å². The van der Waals surface area contributed by atoms with Crippen molar-refractivity contribution in [1.29, 1.82) is 0 Å². The maximum Gasteiger partial charge on any atom is 0.337 e. The largest absolute Gasteiger partial charge is 0.495 e. The standard InChI is InChI=1S/C25H26N2O6S/c1-17-10-13-23(32-3)22(14-17)27(34(30,31)20-8-6-5-7-9-20)16-24(28)26-21-15-19(25(29)33-4)12-11-18(21)2/h5-15H,16H2,1-4H3,(H,26,28). The smallest absolute Gasteiger partial charge is 0.337 e. The van der Waals surface area contributed by atoms with Crippen LogP contribution in [0.3, 0.4) is 0 Å². The minimum absolute atomic E-state index is 0.0372. The zero-order chi connectivity index (χ0) is 24.9. The number of amides is 1. The Morgan fingerprint density at radius 1 is 0.941 bits per heavy atom. The minimum atomic E-state index is -4.11. The van der Waals surface area contributed by atoms with Crippen molar-refractivity contribution in [3.8, 4) is 5.75 Å². The van der Waals surface area contributed by atoms with Crippen molar-refractivity contribution >= 4 is 33.3 Å².